The van der Waals surface area contributed by atoms with Gasteiger partial charge in [0.25, 0.3) is 0 Å². The summed E-state index contributed by atoms with van der Waals surface area (Å²) in [5.41, 5.74) is -6.57. The molecular weight excluding hydrogens is 463 g/mol. The van der Waals surface area contributed by atoms with Gasteiger partial charge < -0.3 is 8.85 Å². The molecule has 0 aliphatic rings. The highest BCUT2D eigenvalue weighted by atomic mass is 35.6. The largest absolute Gasteiger partial charge is 0.524 e. The fourth-order valence-electron chi connectivity index (χ4n) is 1.55. The molecule has 0 aliphatic carbocycles. The lowest BCUT2D eigenvalue weighted by Gasteiger charge is -2.42. The third-order valence-corrected chi connectivity index (χ3v) is 6.72. The summed E-state index contributed by atoms with van der Waals surface area (Å²) in [7, 11) is -6.36. The van der Waals surface area contributed by atoms with Gasteiger partial charge in [0, 0.05) is 13.2 Å². The van der Waals surface area contributed by atoms with Crippen molar-refractivity contribution < 1.29 is 65.9 Å². The highest BCUT2D eigenvalue weighted by molar-refractivity contribution is 7.14. The van der Waals surface area contributed by atoms with Crippen LogP contribution in [0.15, 0.2) is 0 Å². The summed E-state index contributed by atoms with van der Waals surface area (Å²) in [6, 6.07) is 0. The van der Waals surface area contributed by atoms with Gasteiger partial charge in [-0.2, -0.15) is 57.1 Å². The van der Waals surface area contributed by atoms with Crippen LogP contribution in [0.2, 0.25) is 0 Å². The van der Waals surface area contributed by atoms with Gasteiger partial charge in [0.05, 0.1) is 0 Å². The Morgan fingerprint density at radius 3 is 1.15 bits per heavy atom. The first-order chi connectivity index (χ1) is 11.6. The maximum absolute atomic E-state index is 13.9. The second kappa shape index (κ2) is 7.40. The topological polar surface area (TPSA) is 18.5 Å². The average Bonchev–Trinajstić information content (AvgIpc) is 2.45. The van der Waals surface area contributed by atoms with Crippen LogP contribution < -0.4 is 0 Å². The Kier molecular flexibility index (Phi) is 7.27. The standard InChI is InChI=1S/C10H10ClF13O2Si/c1-3-25-27(11,26-4-2)10(23,24)8(18,19)6(14,15)5(12,13)7(16,17)9(20,21)22/h3-4H2,1-2H3. The second-order valence-corrected chi connectivity index (χ2v) is 8.54. The van der Waals surface area contributed by atoms with E-state index in [-0.39, 0.29) is 0 Å². The quantitative estimate of drug-likeness (QED) is 0.250. The molecule has 0 spiro atoms. The molecule has 0 saturated carbocycles. The van der Waals surface area contributed by atoms with E-state index in [1.807, 2.05) is 0 Å². The van der Waals surface area contributed by atoms with E-state index in [0.29, 0.717) is 0 Å². The molecule has 27 heavy (non-hydrogen) atoms. The van der Waals surface area contributed by atoms with E-state index < -0.39 is 56.5 Å². The van der Waals surface area contributed by atoms with Crippen LogP contribution in [0.5, 0.6) is 0 Å². The molecule has 0 radical (unpaired) electrons. The molecule has 0 N–H and O–H groups in total. The Bertz CT molecular complexity index is 516. The average molecular weight is 473 g/mol. The van der Waals surface area contributed by atoms with Crippen LogP contribution in [0.3, 0.4) is 0 Å². The number of hydrogen-bond donors (Lipinski definition) is 0. The molecule has 0 aliphatic heterocycles. The van der Waals surface area contributed by atoms with E-state index in [4.69, 9.17) is 11.1 Å². The minimum absolute atomic E-state index is 0.821. The maximum atomic E-state index is 13.9. The predicted molar refractivity (Wildman–Crippen MR) is 65.6 cm³/mol. The Labute approximate surface area is 148 Å². The molecule has 0 fully saturated rings. The minimum atomic E-state index is -7.99. The van der Waals surface area contributed by atoms with Crippen molar-refractivity contribution in [2.24, 2.45) is 0 Å². The van der Waals surface area contributed by atoms with Gasteiger partial charge >= 0.3 is 43.3 Å². The number of alkyl halides is 13. The number of halogens is 14. The second-order valence-electron chi connectivity index (χ2n) is 4.77. The zero-order valence-electron chi connectivity index (χ0n) is 13.0. The lowest BCUT2D eigenvalue weighted by atomic mass is 9.98. The van der Waals surface area contributed by atoms with Gasteiger partial charge in [-0.1, -0.05) is 11.1 Å². The maximum Gasteiger partial charge on any atom is 0.524 e. The fourth-order valence-corrected chi connectivity index (χ4v) is 4.28. The van der Waals surface area contributed by atoms with Crippen molar-refractivity contribution in [3.8, 4) is 0 Å². The molecule has 0 saturated heterocycles. The Morgan fingerprint density at radius 1 is 0.593 bits per heavy atom. The Hall–Kier alpha value is -0.483. The van der Waals surface area contributed by atoms with E-state index in [2.05, 4.69) is 8.85 Å². The van der Waals surface area contributed by atoms with Crippen LogP contribution in [0.25, 0.3) is 0 Å². The molecule has 0 atom stereocenters. The van der Waals surface area contributed by atoms with Crippen molar-refractivity contribution in [3.63, 3.8) is 0 Å². The van der Waals surface area contributed by atoms with Crippen molar-refractivity contribution in [1.82, 2.24) is 0 Å². The predicted octanol–water partition coefficient (Wildman–Crippen LogP) is 5.52. The summed E-state index contributed by atoms with van der Waals surface area (Å²) in [6.45, 7) is -0.353. The first-order valence-electron chi connectivity index (χ1n) is 6.55. The van der Waals surface area contributed by atoms with Crippen molar-refractivity contribution in [3.05, 3.63) is 0 Å². The Morgan fingerprint density at radius 2 is 0.889 bits per heavy atom. The van der Waals surface area contributed by atoms with Crippen LogP contribution in [-0.4, -0.2) is 56.5 Å². The van der Waals surface area contributed by atoms with Crippen molar-refractivity contribution in [2.45, 2.75) is 49.3 Å². The van der Waals surface area contributed by atoms with Crippen molar-refractivity contribution in [1.29, 1.82) is 0 Å². The van der Waals surface area contributed by atoms with Gasteiger partial charge in [-0.3, -0.25) is 0 Å². The Balaban J connectivity index is 6.53. The molecule has 17 heteroatoms. The summed E-state index contributed by atoms with van der Waals surface area (Å²) in [6.07, 6.45) is -7.47. The molecule has 0 unspecified atom stereocenters. The fraction of sp³-hybridized carbons (Fsp3) is 1.00. The molecule has 0 amide bonds. The van der Waals surface area contributed by atoms with E-state index in [1.54, 1.807) is 0 Å². The first kappa shape index (κ1) is 26.5. The molecule has 0 bridgehead atoms. The number of rotatable bonds is 9. The molecule has 164 valence electrons. The molecule has 0 aromatic heterocycles. The zero-order valence-corrected chi connectivity index (χ0v) is 14.8. The molecule has 0 rings (SSSR count). The summed E-state index contributed by atoms with van der Waals surface area (Å²) in [5.74, 6) is -31.2. The summed E-state index contributed by atoms with van der Waals surface area (Å²) < 4.78 is 177. The highest BCUT2D eigenvalue weighted by Crippen LogP contribution is 2.61. The minimum Gasteiger partial charge on any atom is -0.380 e. The molecule has 0 heterocycles. The molecule has 0 aromatic rings. The van der Waals surface area contributed by atoms with Crippen LogP contribution in [0.1, 0.15) is 13.8 Å². The normalized spacial score (nSPS) is 16.0. The summed E-state index contributed by atoms with van der Waals surface area (Å²) in [5, 5.41) is 0. The third-order valence-electron chi connectivity index (χ3n) is 2.97. The van der Waals surface area contributed by atoms with Crippen molar-refractivity contribution in [2.75, 3.05) is 13.2 Å². The summed E-state index contributed by atoms with van der Waals surface area (Å²) >= 11 is 4.95. The van der Waals surface area contributed by atoms with E-state index in [1.165, 1.54) is 0 Å². The van der Waals surface area contributed by atoms with Crippen LogP contribution in [-0.2, 0) is 8.85 Å². The first-order valence-corrected chi connectivity index (χ1v) is 9.37. The highest BCUT2D eigenvalue weighted by Gasteiger charge is 2.93. The van der Waals surface area contributed by atoms with Gasteiger partial charge in [-0.25, -0.2) is 0 Å². The van der Waals surface area contributed by atoms with Crippen LogP contribution in [0.4, 0.5) is 57.1 Å². The van der Waals surface area contributed by atoms with Gasteiger partial charge in [-0.05, 0) is 13.8 Å². The van der Waals surface area contributed by atoms with Gasteiger partial charge in [0.1, 0.15) is 0 Å². The lowest BCUT2D eigenvalue weighted by Crippen LogP contribution is -2.75. The lowest BCUT2D eigenvalue weighted by molar-refractivity contribution is -0.435. The van der Waals surface area contributed by atoms with E-state index in [9.17, 15) is 57.1 Å². The zero-order chi connectivity index (χ0) is 22.3. The van der Waals surface area contributed by atoms with Crippen LogP contribution >= 0.6 is 11.1 Å². The van der Waals surface area contributed by atoms with Crippen LogP contribution in [0, 0.1) is 0 Å². The van der Waals surface area contributed by atoms with E-state index in [0.717, 1.165) is 13.8 Å². The van der Waals surface area contributed by atoms with Gasteiger partial charge in [-0.15, -0.1) is 0 Å². The molecular formula is C10H10ClF13O2Si. The smallest absolute Gasteiger partial charge is 0.380 e. The van der Waals surface area contributed by atoms with E-state index >= 15 is 0 Å². The summed E-state index contributed by atoms with van der Waals surface area (Å²) in [4.78, 5) is 0. The van der Waals surface area contributed by atoms with Gasteiger partial charge in [0.2, 0.25) is 0 Å². The monoisotopic (exact) mass is 472 g/mol. The third kappa shape index (κ3) is 3.73. The molecule has 2 nitrogen and oxygen atoms in total. The number of hydrogen-bond acceptors (Lipinski definition) is 2. The SMILES string of the molecule is CCO[Si](Cl)(OCC)C(F)(F)C(F)(F)C(F)(F)C(F)(F)C(F)(F)C(F)(F)F. The van der Waals surface area contributed by atoms with Gasteiger partial charge in [0.15, 0.2) is 0 Å². The van der Waals surface area contributed by atoms with Crippen molar-refractivity contribution >= 4 is 18.9 Å². The molecule has 0 aromatic carbocycles.